The van der Waals surface area contributed by atoms with Crippen molar-refractivity contribution in [3.8, 4) is 0 Å². The molecule has 4 heteroatoms. The Hall–Kier alpha value is -1.61. The second kappa shape index (κ2) is 7.10. The average molecular weight is 320 g/mol. The van der Waals surface area contributed by atoms with Gasteiger partial charge in [-0.1, -0.05) is 51.5 Å². The highest BCUT2D eigenvalue weighted by Crippen LogP contribution is 2.39. The molecule has 22 heavy (non-hydrogen) atoms. The highest BCUT2D eigenvalue weighted by atomic mass is 35.5. The van der Waals surface area contributed by atoms with E-state index in [1.165, 1.54) is 0 Å². The quantitative estimate of drug-likeness (QED) is 0.800. The standard InChI is InChI=1S/C18H22ClNO2/c1-4-8-11(3)16(19)15-12-9-6-7-10-13(12)18(22)17(15)20-14(21)5-2/h6-7,9-11,16H,4-5,8H2,1-3H3,(H,20,21,22). The van der Waals surface area contributed by atoms with Crippen molar-refractivity contribution in [2.24, 2.45) is 5.92 Å². The highest BCUT2D eigenvalue weighted by molar-refractivity contribution is 6.32. The molecule has 0 saturated carbocycles. The van der Waals surface area contributed by atoms with Crippen LogP contribution in [0, 0.1) is 5.92 Å². The minimum atomic E-state index is -0.292. The van der Waals surface area contributed by atoms with E-state index < -0.39 is 0 Å². The second-order valence-corrected chi connectivity index (χ2v) is 6.20. The van der Waals surface area contributed by atoms with Crippen LogP contribution in [0.3, 0.4) is 0 Å². The smallest absolute Gasteiger partial charge is 0.224 e. The van der Waals surface area contributed by atoms with Gasteiger partial charge in [-0.2, -0.15) is 0 Å². The Labute approximate surface area is 136 Å². The van der Waals surface area contributed by atoms with Gasteiger partial charge in [-0.15, -0.1) is 11.6 Å². The molecule has 0 spiro atoms. The predicted octanol–water partition coefficient (Wildman–Crippen LogP) is 4.16. The van der Waals surface area contributed by atoms with Crippen molar-refractivity contribution in [1.82, 2.24) is 5.32 Å². The van der Waals surface area contributed by atoms with Crippen LogP contribution in [0.5, 0.6) is 0 Å². The Kier molecular flexibility index (Phi) is 5.41. The van der Waals surface area contributed by atoms with E-state index in [9.17, 15) is 9.59 Å². The summed E-state index contributed by atoms with van der Waals surface area (Å²) >= 11 is 6.67. The minimum Gasteiger partial charge on any atom is -0.323 e. The molecule has 0 bridgehead atoms. The zero-order valence-electron chi connectivity index (χ0n) is 13.3. The first kappa shape index (κ1) is 16.8. The van der Waals surface area contributed by atoms with Crippen molar-refractivity contribution in [2.45, 2.75) is 45.4 Å². The molecule has 2 rings (SSSR count). The third-order valence-corrected chi connectivity index (χ3v) is 4.71. The number of rotatable bonds is 6. The van der Waals surface area contributed by atoms with Crippen molar-refractivity contribution in [2.75, 3.05) is 0 Å². The molecule has 1 amide bonds. The maximum Gasteiger partial charge on any atom is 0.224 e. The number of carbonyl (C=O) groups excluding carboxylic acids is 2. The zero-order valence-corrected chi connectivity index (χ0v) is 14.0. The van der Waals surface area contributed by atoms with Gasteiger partial charge in [0.2, 0.25) is 11.7 Å². The van der Waals surface area contributed by atoms with Crippen molar-refractivity contribution >= 4 is 28.9 Å². The first-order valence-electron chi connectivity index (χ1n) is 7.83. The van der Waals surface area contributed by atoms with Gasteiger partial charge in [-0.3, -0.25) is 9.59 Å². The lowest BCUT2D eigenvalue weighted by molar-refractivity contribution is -0.120. The van der Waals surface area contributed by atoms with E-state index in [0.717, 1.165) is 24.0 Å². The fourth-order valence-electron chi connectivity index (χ4n) is 2.83. The number of carbonyl (C=O) groups is 2. The molecule has 1 aliphatic carbocycles. The number of alkyl halides is 1. The van der Waals surface area contributed by atoms with Crippen LogP contribution in [0.1, 0.15) is 56.0 Å². The number of hydrogen-bond donors (Lipinski definition) is 1. The first-order chi connectivity index (χ1) is 10.5. The molecule has 1 aromatic rings. The summed E-state index contributed by atoms with van der Waals surface area (Å²) in [6.45, 7) is 5.96. The lowest BCUT2D eigenvalue weighted by Crippen LogP contribution is -2.27. The number of allylic oxidation sites excluding steroid dienone is 2. The Morgan fingerprint density at radius 3 is 2.45 bits per heavy atom. The predicted molar refractivity (Wildman–Crippen MR) is 89.8 cm³/mol. The molecule has 1 N–H and O–H groups in total. The van der Waals surface area contributed by atoms with Gasteiger partial charge in [0, 0.05) is 17.6 Å². The largest absolute Gasteiger partial charge is 0.323 e. The van der Waals surface area contributed by atoms with Crippen LogP contribution in [-0.2, 0) is 4.79 Å². The number of Topliss-reactive ketones (excluding diaryl/α,β-unsaturated/α-hetero) is 1. The summed E-state index contributed by atoms with van der Waals surface area (Å²) in [6.07, 6.45) is 2.34. The van der Waals surface area contributed by atoms with Gasteiger partial charge in [0.1, 0.15) is 0 Å². The van der Waals surface area contributed by atoms with Crippen molar-refractivity contribution in [3.63, 3.8) is 0 Å². The van der Waals surface area contributed by atoms with Crippen LogP contribution in [-0.4, -0.2) is 17.1 Å². The van der Waals surface area contributed by atoms with Gasteiger partial charge < -0.3 is 5.32 Å². The lowest BCUT2D eigenvalue weighted by atomic mass is 9.92. The number of ketones is 1. The first-order valence-corrected chi connectivity index (χ1v) is 8.27. The molecule has 0 saturated heterocycles. The fraction of sp³-hybridized carbons (Fsp3) is 0.444. The van der Waals surface area contributed by atoms with E-state index in [0.29, 0.717) is 17.7 Å². The van der Waals surface area contributed by atoms with Gasteiger partial charge in [-0.05, 0) is 17.9 Å². The molecule has 0 fully saturated rings. The van der Waals surface area contributed by atoms with Crippen molar-refractivity contribution in [3.05, 3.63) is 41.1 Å². The topological polar surface area (TPSA) is 46.2 Å². The SMILES string of the molecule is CCCC(C)C(Cl)C1=C(NC(=O)CC)C(=O)c2ccccc21. The molecular weight excluding hydrogens is 298 g/mol. The summed E-state index contributed by atoms with van der Waals surface area (Å²) in [5.74, 6) is -0.0726. The van der Waals surface area contributed by atoms with Gasteiger partial charge >= 0.3 is 0 Å². The van der Waals surface area contributed by atoms with Crippen LogP contribution in [0.4, 0.5) is 0 Å². The van der Waals surface area contributed by atoms with Crippen molar-refractivity contribution < 1.29 is 9.59 Å². The monoisotopic (exact) mass is 319 g/mol. The molecule has 2 atom stereocenters. The number of hydrogen-bond acceptors (Lipinski definition) is 2. The summed E-state index contributed by atoms with van der Waals surface area (Å²) in [6, 6.07) is 7.42. The molecule has 3 nitrogen and oxygen atoms in total. The molecule has 0 aromatic heterocycles. The molecule has 0 aliphatic heterocycles. The number of halogens is 1. The zero-order chi connectivity index (χ0) is 16.3. The van der Waals surface area contributed by atoms with E-state index in [4.69, 9.17) is 11.6 Å². The lowest BCUT2D eigenvalue weighted by Gasteiger charge is -2.21. The van der Waals surface area contributed by atoms with E-state index in [2.05, 4.69) is 19.2 Å². The maximum absolute atomic E-state index is 12.6. The van der Waals surface area contributed by atoms with Crippen LogP contribution in [0.25, 0.3) is 5.57 Å². The summed E-state index contributed by atoms with van der Waals surface area (Å²) in [7, 11) is 0. The Bertz CT molecular complexity index is 621. The average Bonchev–Trinajstić information content (AvgIpc) is 2.80. The maximum atomic E-state index is 12.6. The third-order valence-electron chi connectivity index (χ3n) is 4.06. The van der Waals surface area contributed by atoms with Crippen LogP contribution in [0.2, 0.25) is 0 Å². The molecule has 1 aromatic carbocycles. The third kappa shape index (κ3) is 3.09. The summed E-state index contributed by atoms with van der Waals surface area (Å²) in [5, 5.41) is 2.47. The Morgan fingerprint density at radius 1 is 1.23 bits per heavy atom. The number of benzene rings is 1. The molecule has 1 aliphatic rings. The second-order valence-electron chi connectivity index (χ2n) is 5.73. The summed E-state index contributed by atoms with van der Waals surface area (Å²) in [5.41, 5.74) is 2.60. The van der Waals surface area contributed by atoms with E-state index in [1.54, 1.807) is 13.0 Å². The van der Waals surface area contributed by atoms with E-state index >= 15 is 0 Å². The highest BCUT2D eigenvalue weighted by Gasteiger charge is 2.35. The number of amides is 1. The molecular formula is C18H22ClNO2. The molecule has 0 radical (unpaired) electrons. The summed E-state index contributed by atoms with van der Waals surface area (Å²) in [4.78, 5) is 24.4. The van der Waals surface area contributed by atoms with E-state index in [-0.39, 0.29) is 23.0 Å². The van der Waals surface area contributed by atoms with Crippen LogP contribution >= 0.6 is 11.6 Å². The normalized spacial score (nSPS) is 16.5. The van der Waals surface area contributed by atoms with E-state index in [1.807, 2.05) is 18.2 Å². The van der Waals surface area contributed by atoms with Gasteiger partial charge in [0.15, 0.2) is 0 Å². The van der Waals surface area contributed by atoms with Gasteiger partial charge in [-0.25, -0.2) is 0 Å². The van der Waals surface area contributed by atoms with Crippen LogP contribution in [0.15, 0.2) is 30.0 Å². The molecule has 2 unspecified atom stereocenters. The molecule has 0 heterocycles. The molecule has 118 valence electrons. The number of fused-ring (bicyclic) bond motifs is 1. The van der Waals surface area contributed by atoms with Crippen LogP contribution < -0.4 is 5.32 Å². The Balaban J connectivity index is 2.48. The van der Waals surface area contributed by atoms with Gasteiger partial charge in [0.05, 0.1) is 11.1 Å². The fourth-order valence-corrected chi connectivity index (χ4v) is 3.18. The van der Waals surface area contributed by atoms with Gasteiger partial charge in [0.25, 0.3) is 0 Å². The minimum absolute atomic E-state index is 0.137. The van der Waals surface area contributed by atoms with Crippen molar-refractivity contribution in [1.29, 1.82) is 0 Å². The Morgan fingerprint density at radius 2 is 1.86 bits per heavy atom. The summed E-state index contributed by atoms with van der Waals surface area (Å²) < 4.78 is 0. The number of nitrogens with one attached hydrogen (secondary N) is 1.